The van der Waals surface area contributed by atoms with Crippen molar-refractivity contribution >= 4 is 29.6 Å². The van der Waals surface area contributed by atoms with Crippen LogP contribution in [0.15, 0.2) is 6.07 Å². The maximum atomic E-state index is 11.5. The van der Waals surface area contributed by atoms with Crippen LogP contribution in [0.3, 0.4) is 0 Å². The van der Waals surface area contributed by atoms with E-state index in [-0.39, 0.29) is 16.8 Å². The van der Waals surface area contributed by atoms with Gasteiger partial charge in [0.1, 0.15) is 10.8 Å². The number of amides is 1. The lowest BCUT2D eigenvalue weighted by molar-refractivity contribution is 0.0588. The first-order valence-electron chi connectivity index (χ1n) is 5.34. The molecule has 0 saturated heterocycles. The summed E-state index contributed by atoms with van der Waals surface area (Å²) in [6.45, 7) is 5.14. The van der Waals surface area contributed by atoms with Gasteiger partial charge >= 0.3 is 12.1 Å². The molecule has 1 aromatic rings. The summed E-state index contributed by atoms with van der Waals surface area (Å²) in [4.78, 5) is 30.4. The van der Waals surface area contributed by atoms with Crippen molar-refractivity contribution < 1.29 is 19.1 Å². The molecular formula is C11H14ClN3O4. The molecule has 1 rings (SSSR count). The van der Waals surface area contributed by atoms with Crippen LogP contribution in [0.25, 0.3) is 0 Å². The highest BCUT2D eigenvalue weighted by atomic mass is 35.5. The fourth-order valence-electron chi connectivity index (χ4n) is 1.08. The van der Waals surface area contributed by atoms with Crippen molar-refractivity contribution in [2.45, 2.75) is 26.4 Å². The summed E-state index contributed by atoms with van der Waals surface area (Å²) in [6, 6.07) is 1.23. The Labute approximate surface area is 115 Å². The monoisotopic (exact) mass is 287 g/mol. The number of nitrogens with one attached hydrogen (secondary N) is 1. The van der Waals surface area contributed by atoms with Crippen molar-refractivity contribution in [3.05, 3.63) is 16.9 Å². The molecule has 0 atom stereocenters. The summed E-state index contributed by atoms with van der Waals surface area (Å²) in [5.41, 5.74) is -0.720. The summed E-state index contributed by atoms with van der Waals surface area (Å²) in [5.74, 6) is -0.821. The third-order valence-electron chi connectivity index (χ3n) is 1.70. The van der Waals surface area contributed by atoms with Crippen LogP contribution in [-0.4, -0.2) is 34.7 Å². The van der Waals surface area contributed by atoms with Gasteiger partial charge in [0.25, 0.3) is 0 Å². The summed E-state index contributed by atoms with van der Waals surface area (Å²) in [7, 11) is 1.21. The molecule has 0 aliphatic rings. The number of hydrogen-bond acceptors (Lipinski definition) is 6. The second kappa shape index (κ2) is 5.83. The van der Waals surface area contributed by atoms with E-state index in [1.165, 1.54) is 13.2 Å². The number of nitrogens with zero attached hydrogens (tertiary/aromatic N) is 2. The summed E-state index contributed by atoms with van der Waals surface area (Å²) in [6.07, 6.45) is -0.745. The molecule has 0 radical (unpaired) electrons. The van der Waals surface area contributed by atoms with Crippen molar-refractivity contribution in [3.63, 3.8) is 0 Å². The number of ether oxygens (including phenoxy) is 2. The molecular weight excluding hydrogens is 274 g/mol. The Bertz CT molecular complexity index is 499. The molecule has 0 spiro atoms. The summed E-state index contributed by atoms with van der Waals surface area (Å²) >= 11 is 5.72. The van der Waals surface area contributed by atoms with Gasteiger partial charge in [-0.25, -0.2) is 19.6 Å². The van der Waals surface area contributed by atoms with E-state index < -0.39 is 17.7 Å². The molecule has 1 N–H and O–H groups in total. The van der Waals surface area contributed by atoms with Crippen molar-refractivity contribution in [2.75, 3.05) is 12.4 Å². The maximum absolute atomic E-state index is 11.5. The van der Waals surface area contributed by atoms with Crippen LogP contribution in [0.5, 0.6) is 0 Å². The van der Waals surface area contributed by atoms with Gasteiger partial charge in [-0.3, -0.25) is 5.32 Å². The SMILES string of the molecule is COC(=O)c1cc(Cl)nc(NC(=O)OC(C)(C)C)n1. The largest absolute Gasteiger partial charge is 0.464 e. The fraction of sp³-hybridized carbons (Fsp3) is 0.455. The van der Waals surface area contributed by atoms with E-state index in [0.29, 0.717) is 0 Å². The first-order valence-corrected chi connectivity index (χ1v) is 5.72. The lowest BCUT2D eigenvalue weighted by atomic mass is 10.2. The minimum atomic E-state index is -0.745. The number of carbonyl (C=O) groups is 2. The quantitative estimate of drug-likeness (QED) is 0.663. The molecule has 19 heavy (non-hydrogen) atoms. The Morgan fingerprint density at radius 3 is 2.47 bits per heavy atom. The number of rotatable bonds is 2. The van der Waals surface area contributed by atoms with Crippen molar-refractivity contribution in [2.24, 2.45) is 0 Å². The van der Waals surface area contributed by atoms with Crippen LogP contribution in [0.2, 0.25) is 5.15 Å². The van der Waals surface area contributed by atoms with Crippen LogP contribution < -0.4 is 5.32 Å². The molecule has 104 valence electrons. The normalized spacial score (nSPS) is 10.8. The van der Waals surface area contributed by atoms with Crippen LogP contribution in [-0.2, 0) is 9.47 Å². The Hall–Kier alpha value is -1.89. The standard InChI is InChI=1S/C11H14ClN3O4/c1-11(2,3)19-10(17)15-9-13-6(8(16)18-4)5-7(12)14-9/h5H,1-4H3,(H,13,14,15,17). The zero-order chi connectivity index (χ0) is 14.6. The molecule has 7 nitrogen and oxygen atoms in total. The third kappa shape index (κ3) is 5.09. The first kappa shape index (κ1) is 15.2. The predicted octanol–water partition coefficient (Wildman–Crippen LogP) is 2.26. The number of anilines is 1. The third-order valence-corrected chi connectivity index (χ3v) is 1.90. The van der Waals surface area contributed by atoms with E-state index in [4.69, 9.17) is 16.3 Å². The second-order valence-corrected chi connectivity index (χ2v) is 4.91. The Morgan fingerprint density at radius 2 is 1.95 bits per heavy atom. The lowest BCUT2D eigenvalue weighted by Crippen LogP contribution is -2.28. The van der Waals surface area contributed by atoms with Crippen LogP contribution in [0.1, 0.15) is 31.3 Å². The highest BCUT2D eigenvalue weighted by molar-refractivity contribution is 6.29. The van der Waals surface area contributed by atoms with Gasteiger partial charge in [-0.1, -0.05) is 11.6 Å². The number of aromatic nitrogens is 2. The summed E-state index contributed by atoms with van der Waals surface area (Å²) in [5, 5.41) is 2.28. The topological polar surface area (TPSA) is 90.4 Å². The van der Waals surface area contributed by atoms with E-state index in [0.717, 1.165) is 0 Å². The number of carbonyl (C=O) groups excluding carboxylic acids is 2. The van der Waals surface area contributed by atoms with Crippen LogP contribution in [0, 0.1) is 0 Å². The molecule has 0 aromatic carbocycles. The zero-order valence-electron chi connectivity index (χ0n) is 11.0. The maximum Gasteiger partial charge on any atom is 0.414 e. The predicted molar refractivity (Wildman–Crippen MR) is 68.2 cm³/mol. The van der Waals surface area contributed by atoms with E-state index >= 15 is 0 Å². The molecule has 1 aromatic heterocycles. The highest BCUT2D eigenvalue weighted by Crippen LogP contribution is 2.13. The van der Waals surface area contributed by atoms with E-state index in [1.807, 2.05) is 0 Å². The van der Waals surface area contributed by atoms with Gasteiger partial charge in [0.2, 0.25) is 5.95 Å². The first-order chi connectivity index (χ1) is 8.71. The van der Waals surface area contributed by atoms with Crippen molar-refractivity contribution in [1.82, 2.24) is 9.97 Å². The van der Waals surface area contributed by atoms with Gasteiger partial charge in [0.05, 0.1) is 7.11 Å². The van der Waals surface area contributed by atoms with Gasteiger partial charge in [-0.15, -0.1) is 0 Å². The van der Waals surface area contributed by atoms with Gasteiger partial charge in [-0.05, 0) is 20.8 Å². The average Bonchev–Trinajstić information content (AvgIpc) is 2.24. The molecule has 0 unspecified atom stereocenters. The molecule has 1 amide bonds. The summed E-state index contributed by atoms with van der Waals surface area (Å²) < 4.78 is 9.52. The molecule has 0 aliphatic carbocycles. The lowest BCUT2D eigenvalue weighted by Gasteiger charge is -2.19. The van der Waals surface area contributed by atoms with Crippen LogP contribution in [0.4, 0.5) is 10.7 Å². The number of esters is 1. The minimum Gasteiger partial charge on any atom is -0.464 e. The molecule has 0 bridgehead atoms. The highest BCUT2D eigenvalue weighted by Gasteiger charge is 2.18. The van der Waals surface area contributed by atoms with Gasteiger partial charge in [0.15, 0.2) is 5.69 Å². The Kier molecular flexibility index (Phi) is 4.66. The zero-order valence-corrected chi connectivity index (χ0v) is 11.7. The van der Waals surface area contributed by atoms with Crippen LogP contribution >= 0.6 is 11.6 Å². The molecule has 0 saturated carbocycles. The van der Waals surface area contributed by atoms with E-state index in [1.54, 1.807) is 20.8 Å². The van der Waals surface area contributed by atoms with Gasteiger partial charge < -0.3 is 9.47 Å². The van der Waals surface area contributed by atoms with Crippen molar-refractivity contribution in [3.8, 4) is 0 Å². The Balaban J connectivity index is 2.87. The Morgan fingerprint density at radius 1 is 1.32 bits per heavy atom. The number of hydrogen-bond donors (Lipinski definition) is 1. The minimum absolute atomic E-state index is 0.00135. The molecule has 8 heteroatoms. The molecule has 0 fully saturated rings. The van der Waals surface area contributed by atoms with Gasteiger partial charge in [0, 0.05) is 6.07 Å². The number of halogens is 1. The smallest absolute Gasteiger partial charge is 0.414 e. The number of methoxy groups -OCH3 is 1. The second-order valence-electron chi connectivity index (χ2n) is 4.52. The average molecular weight is 288 g/mol. The van der Waals surface area contributed by atoms with Gasteiger partial charge in [-0.2, -0.15) is 0 Å². The van der Waals surface area contributed by atoms with E-state index in [2.05, 4.69) is 20.0 Å². The fourth-order valence-corrected chi connectivity index (χ4v) is 1.26. The van der Waals surface area contributed by atoms with Crippen molar-refractivity contribution in [1.29, 1.82) is 0 Å². The van der Waals surface area contributed by atoms with E-state index in [9.17, 15) is 9.59 Å². The molecule has 1 heterocycles. The molecule has 0 aliphatic heterocycles.